The van der Waals surface area contributed by atoms with Gasteiger partial charge in [-0.05, 0) is 0 Å². The van der Waals surface area contributed by atoms with E-state index in [4.69, 9.17) is 5.11 Å². The van der Waals surface area contributed by atoms with Crippen molar-refractivity contribution in [3.8, 4) is 0 Å². The molecule has 0 saturated carbocycles. The van der Waals surface area contributed by atoms with Crippen molar-refractivity contribution in [3.63, 3.8) is 0 Å². The second kappa shape index (κ2) is 5.97. The third-order valence-corrected chi connectivity index (χ3v) is 2.19. The Bertz CT molecular complexity index is 326. The third-order valence-electron chi connectivity index (χ3n) is 1.55. The highest BCUT2D eigenvalue weighted by molar-refractivity contribution is 7.07. The van der Waals surface area contributed by atoms with E-state index in [1.807, 2.05) is 5.38 Å². The van der Waals surface area contributed by atoms with Gasteiger partial charge in [-0.3, -0.25) is 4.79 Å². The lowest BCUT2D eigenvalue weighted by atomic mass is 10.3. The average Bonchev–Trinajstić information content (AvgIpc) is 2.67. The Kier molecular flexibility index (Phi) is 4.55. The van der Waals surface area contributed by atoms with E-state index < -0.39 is 12.0 Å². The highest BCUT2D eigenvalue weighted by atomic mass is 32.1. The SMILES string of the molecule is O=C(O)CNC(=O)NCCc1cscn1. The molecule has 0 atom stereocenters. The normalized spacial score (nSPS) is 9.60. The smallest absolute Gasteiger partial charge is 0.323 e. The number of carbonyl (C=O) groups is 2. The number of hydrogen-bond donors (Lipinski definition) is 3. The summed E-state index contributed by atoms with van der Waals surface area (Å²) in [6, 6.07) is -0.479. The van der Waals surface area contributed by atoms with Crippen LogP contribution in [-0.2, 0) is 11.2 Å². The van der Waals surface area contributed by atoms with Crippen LogP contribution in [0.3, 0.4) is 0 Å². The van der Waals surface area contributed by atoms with Gasteiger partial charge in [-0.15, -0.1) is 11.3 Å². The molecule has 0 aliphatic carbocycles. The molecule has 0 bridgehead atoms. The van der Waals surface area contributed by atoms with Crippen LogP contribution < -0.4 is 10.6 Å². The summed E-state index contributed by atoms with van der Waals surface area (Å²) in [6.45, 7) is 0.0672. The minimum absolute atomic E-state index is 0.372. The second-order valence-electron chi connectivity index (χ2n) is 2.73. The van der Waals surface area contributed by atoms with Crippen LogP contribution in [0.4, 0.5) is 4.79 Å². The van der Waals surface area contributed by atoms with Gasteiger partial charge in [0.15, 0.2) is 0 Å². The lowest BCUT2D eigenvalue weighted by molar-refractivity contribution is -0.135. The molecule has 82 valence electrons. The molecule has 0 saturated heterocycles. The van der Waals surface area contributed by atoms with Gasteiger partial charge in [0, 0.05) is 18.3 Å². The molecule has 3 N–H and O–H groups in total. The van der Waals surface area contributed by atoms with Crippen molar-refractivity contribution in [2.75, 3.05) is 13.1 Å². The standard InChI is InChI=1S/C8H11N3O3S/c12-7(13)3-10-8(14)9-2-1-6-4-15-5-11-6/h4-5H,1-3H2,(H,12,13)(H2,9,10,14). The van der Waals surface area contributed by atoms with E-state index in [1.165, 1.54) is 11.3 Å². The molecule has 1 aromatic rings. The Morgan fingerprint density at radius 3 is 2.87 bits per heavy atom. The number of amides is 2. The zero-order valence-corrected chi connectivity index (χ0v) is 8.71. The quantitative estimate of drug-likeness (QED) is 0.666. The molecular formula is C8H11N3O3S. The van der Waals surface area contributed by atoms with Gasteiger partial charge >= 0.3 is 12.0 Å². The predicted molar refractivity (Wildman–Crippen MR) is 54.9 cm³/mol. The molecule has 6 nitrogen and oxygen atoms in total. The lowest BCUT2D eigenvalue weighted by Crippen LogP contribution is -2.39. The number of thiazole rings is 1. The van der Waals surface area contributed by atoms with E-state index in [1.54, 1.807) is 5.51 Å². The average molecular weight is 229 g/mol. The number of rotatable bonds is 5. The monoisotopic (exact) mass is 229 g/mol. The van der Waals surface area contributed by atoms with Crippen molar-refractivity contribution in [2.45, 2.75) is 6.42 Å². The third kappa shape index (κ3) is 4.96. The van der Waals surface area contributed by atoms with E-state index in [-0.39, 0.29) is 6.54 Å². The number of aliphatic carboxylic acids is 1. The second-order valence-corrected chi connectivity index (χ2v) is 3.45. The van der Waals surface area contributed by atoms with Crippen LogP contribution in [0.15, 0.2) is 10.9 Å². The molecule has 0 fully saturated rings. The molecule has 0 aliphatic rings. The highest BCUT2D eigenvalue weighted by Gasteiger charge is 2.02. The number of nitrogens with zero attached hydrogens (tertiary/aromatic N) is 1. The van der Waals surface area contributed by atoms with Gasteiger partial charge in [0.05, 0.1) is 11.2 Å². The van der Waals surface area contributed by atoms with Gasteiger partial charge in [0.1, 0.15) is 6.54 Å². The van der Waals surface area contributed by atoms with Crippen molar-refractivity contribution in [2.24, 2.45) is 0 Å². The lowest BCUT2D eigenvalue weighted by Gasteiger charge is -2.04. The largest absolute Gasteiger partial charge is 0.480 e. The summed E-state index contributed by atoms with van der Waals surface area (Å²) in [5.74, 6) is -1.07. The van der Waals surface area contributed by atoms with Crippen molar-refractivity contribution in [1.29, 1.82) is 0 Å². The number of carboxylic acid groups (broad SMARTS) is 1. The summed E-state index contributed by atoms with van der Waals surface area (Å²) in [6.07, 6.45) is 0.643. The maximum atomic E-state index is 11.0. The van der Waals surface area contributed by atoms with Crippen LogP contribution in [0.25, 0.3) is 0 Å². The van der Waals surface area contributed by atoms with Crippen molar-refractivity contribution >= 4 is 23.3 Å². The first-order chi connectivity index (χ1) is 7.18. The molecule has 0 aliphatic heterocycles. The maximum absolute atomic E-state index is 11.0. The molecule has 15 heavy (non-hydrogen) atoms. The summed E-state index contributed by atoms with van der Waals surface area (Å²) in [4.78, 5) is 25.1. The van der Waals surface area contributed by atoms with Crippen molar-refractivity contribution in [1.82, 2.24) is 15.6 Å². The van der Waals surface area contributed by atoms with Crippen LogP contribution in [0.1, 0.15) is 5.69 Å². The Morgan fingerprint density at radius 2 is 2.27 bits per heavy atom. The number of nitrogens with one attached hydrogen (secondary N) is 2. The molecule has 7 heteroatoms. The van der Waals surface area contributed by atoms with Gasteiger partial charge in [0.25, 0.3) is 0 Å². The minimum atomic E-state index is -1.07. The van der Waals surface area contributed by atoms with Crippen molar-refractivity contribution in [3.05, 3.63) is 16.6 Å². The van der Waals surface area contributed by atoms with Crippen LogP contribution in [0.2, 0.25) is 0 Å². The summed E-state index contributed by atoms with van der Waals surface area (Å²) in [5.41, 5.74) is 2.64. The summed E-state index contributed by atoms with van der Waals surface area (Å²) in [7, 11) is 0. The summed E-state index contributed by atoms with van der Waals surface area (Å²) < 4.78 is 0. The van der Waals surface area contributed by atoms with Crippen LogP contribution in [-0.4, -0.2) is 35.2 Å². The van der Waals surface area contributed by atoms with Crippen molar-refractivity contribution < 1.29 is 14.7 Å². The summed E-state index contributed by atoms with van der Waals surface area (Å²) >= 11 is 1.50. The molecule has 0 aromatic carbocycles. The Morgan fingerprint density at radius 1 is 1.47 bits per heavy atom. The minimum Gasteiger partial charge on any atom is -0.480 e. The van der Waals surface area contributed by atoms with E-state index in [9.17, 15) is 9.59 Å². The zero-order valence-electron chi connectivity index (χ0n) is 7.90. The number of carboxylic acids is 1. The van der Waals surface area contributed by atoms with Gasteiger partial charge < -0.3 is 15.7 Å². The first-order valence-electron chi connectivity index (χ1n) is 4.29. The first kappa shape index (κ1) is 11.4. The topological polar surface area (TPSA) is 91.3 Å². The number of carbonyl (C=O) groups excluding carboxylic acids is 1. The van der Waals surface area contributed by atoms with E-state index in [2.05, 4.69) is 15.6 Å². The molecule has 0 spiro atoms. The van der Waals surface area contributed by atoms with Crippen LogP contribution >= 0.6 is 11.3 Å². The first-order valence-corrected chi connectivity index (χ1v) is 5.23. The Hall–Kier alpha value is -1.63. The fourth-order valence-electron chi connectivity index (χ4n) is 0.883. The highest BCUT2D eigenvalue weighted by Crippen LogP contribution is 2.00. The van der Waals surface area contributed by atoms with Gasteiger partial charge in [-0.2, -0.15) is 0 Å². The van der Waals surface area contributed by atoms with E-state index in [0.717, 1.165) is 5.69 Å². The maximum Gasteiger partial charge on any atom is 0.323 e. The van der Waals surface area contributed by atoms with Gasteiger partial charge in [-0.1, -0.05) is 0 Å². The number of urea groups is 1. The van der Waals surface area contributed by atoms with E-state index >= 15 is 0 Å². The van der Waals surface area contributed by atoms with Crippen LogP contribution in [0.5, 0.6) is 0 Å². The molecular weight excluding hydrogens is 218 g/mol. The fourth-order valence-corrected chi connectivity index (χ4v) is 1.48. The summed E-state index contributed by atoms with van der Waals surface area (Å²) in [5, 5.41) is 14.9. The molecule has 1 rings (SSSR count). The molecule has 0 radical (unpaired) electrons. The number of aromatic nitrogens is 1. The Labute approximate surface area is 90.3 Å². The fraction of sp³-hybridized carbons (Fsp3) is 0.375. The number of hydrogen-bond acceptors (Lipinski definition) is 4. The zero-order chi connectivity index (χ0) is 11.1. The van der Waals surface area contributed by atoms with E-state index in [0.29, 0.717) is 13.0 Å². The molecule has 1 heterocycles. The van der Waals surface area contributed by atoms with Gasteiger partial charge in [0.2, 0.25) is 0 Å². The Balaban J connectivity index is 2.09. The molecule has 2 amide bonds. The molecule has 0 unspecified atom stereocenters. The van der Waals surface area contributed by atoms with Gasteiger partial charge in [-0.25, -0.2) is 9.78 Å². The molecule has 1 aromatic heterocycles. The van der Waals surface area contributed by atoms with Crippen LogP contribution in [0, 0.1) is 0 Å². The predicted octanol–water partition coefficient (Wildman–Crippen LogP) is 0.0694.